The summed E-state index contributed by atoms with van der Waals surface area (Å²) in [5.41, 5.74) is 0.395. The van der Waals surface area contributed by atoms with Gasteiger partial charge in [0.1, 0.15) is 4.90 Å². The van der Waals surface area contributed by atoms with Crippen LogP contribution in [0.2, 0.25) is 0 Å². The highest BCUT2D eigenvalue weighted by Gasteiger charge is 2.16. The molecule has 2 aromatic rings. The van der Waals surface area contributed by atoms with E-state index in [0.29, 0.717) is 12.2 Å². The van der Waals surface area contributed by atoms with E-state index >= 15 is 0 Å². The third-order valence-corrected chi connectivity index (χ3v) is 4.17. The Hall–Kier alpha value is -1.87. The summed E-state index contributed by atoms with van der Waals surface area (Å²) in [5.74, 6) is 0. The zero-order valence-corrected chi connectivity index (χ0v) is 12.7. The van der Waals surface area contributed by atoms with Crippen LogP contribution in [0.3, 0.4) is 0 Å². The van der Waals surface area contributed by atoms with E-state index in [9.17, 15) is 8.42 Å². The summed E-state index contributed by atoms with van der Waals surface area (Å²) in [6, 6.07) is 0. The summed E-state index contributed by atoms with van der Waals surface area (Å²) in [7, 11) is -3.61. The average Bonchev–Trinajstić information content (AvgIpc) is 3.09. The van der Waals surface area contributed by atoms with Gasteiger partial charge in [-0.15, -0.1) is 0 Å². The third kappa shape index (κ3) is 4.57. The fourth-order valence-corrected chi connectivity index (χ4v) is 2.78. The summed E-state index contributed by atoms with van der Waals surface area (Å²) >= 11 is 0. The van der Waals surface area contributed by atoms with Crippen LogP contribution in [-0.2, 0) is 16.6 Å². The molecule has 0 saturated carbocycles. The number of sulfonamides is 1. The van der Waals surface area contributed by atoms with E-state index in [0.717, 1.165) is 25.9 Å². The lowest BCUT2D eigenvalue weighted by Crippen LogP contribution is -2.17. The Morgan fingerprint density at radius 1 is 1.33 bits per heavy atom. The first-order chi connectivity index (χ1) is 10.1. The van der Waals surface area contributed by atoms with Gasteiger partial charge in [-0.3, -0.25) is 14.5 Å². The van der Waals surface area contributed by atoms with Gasteiger partial charge in [-0.2, -0.15) is 10.2 Å². The maximum atomic E-state index is 12.1. The van der Waals surface area contributed by atoms with Gasteiger partial charge in [-0.25, -0.2) is 8.42 Å². The molecule has 0 saturated heterocycles. The lowest BCUT2D eigenvalue weighted by molar-refractivity contribution is 0.541. The number of aromatic amines is 1. The van der Waals surface area contributed by atoms with Crippen LogP contribution in [0.4, 0.5) is 5.69 Å². The standard InChI is InChI=1S/C12H20N6O2S/c1-2-4-13-5-3-6-18-10-12(9-16-18)21(19,20)17-11-7-14-15-8-11/h7-10,13,17H,2-6H2,1H3,(H,14,15). The molecule has 116 valence electrons. The number of hydrogen-bond donors (Lipinski definition) is 3. The Kier molecular flexibility index (Phi) is 5.34. The van der Waals surface area contributed by atoms with Gasteiger partial charge >= 0.3 is 0 Å². The van der Waals surface area contributed by atoms with Crippen molar-refractivity contribution < 1.29 is 8.42 Å². The molecule has 3 N–H and O–H groups in total. The molecule has 0 fully saturated rings. The predicted octanol–water partition coefficient (Wildman–Crippen LogP) is 0.797. The maximum Gasteiger partial charge on any atom is 0.265 e. The van der Waals surface area contributed by atoms with Gasteiger partial charge in [0.15, 0.2) is 0 Å². The predicted molar refractivity (Wildman–Crippen MR) is 79.4 cm³/mol. The summed E-state index contributed by atoms with van der Waals surface area (Å²) in [5, 5.41) is 13.6. The van der Waals surface area contributed by atoms with Crippen molar-refractivity contribution in [1.29, 1.82) is 0 Å². The Morgan fingerprint density at radius 2 is 2.19 bits per heavy atom. The van der Waals surface area contributed by atoms with E-state index in [1.165, 1.54) is 24.8 Å². The number of nitrogens with zero attached hydrogens (tertiary/aromatic N) is 3. The number of aromatic nitrogens is 4. The molecule has 0 radical (unpaired) electrons. The highest BCUT2D eigenvalue weighted by atomic mass is 32.2. The van der Waals surface area contributed by atoms with E-state index < -0.39 is 10.0 Å². The van der Waals surface area contributed by atoms with Crippen LogP contribution in [0.5, 0.6) is 0 Å². The van der Waals surface area contributed by atoms with Crippen molar-refractivity contribution in [2.24, 2.45) is 0 Å². The molecular formula is C12H20N6O2S. The lowest BCUT2D eigenvalue weighted by atomic mass is 10.4. The van der Waals surface area contributed by atoms with Crippen molar-refractivity contribution in [2.45, 2.75) is 31.2 Å². The Bertz CT molecular complexity index is 635. The van der Waals surface area contributed by atoms with E-state index in [1.807, 2.05) is 0 Å². The molecule has 2 heterocycles. The molecule has 2 rings (SSSR count). The number of rotatable bonds is 9. The quantitative estimate of drug-likeness (QED) is 0.594. The second-order valence-corrected chi connectivity index (χ2v) is 6.32. The average molecular weight is 312 g/mol. The Balaban J connectivity index is 1.89. The van der Waals surface area contributed by atoms with Crippen molar-refractivity contribution in [3.63, 3.8) is 0 Å². The maximum absolute atomic E-state index is 12.1. The lowest BCUT2D eigenvalue weighted by Gasteiger charge is -2.04. The molecule has 0 bridgehead atoms. The van der Waals surface area contributed by atoms with Crippen LogP contribution in [0, 0.1) is 0 Å². The zero-order chi connectivity index (χ0) is 15.1. The molecule has 9 heteroatoms. The van der Waals surface area contributed by atoms with E-state index in [-0.39, 0.29) is 4.90 Å². The fourth-order valence-electron chi connectivity index (χ4n) is 1.79. The van der Waals surface area contributed by atoms with Crippen LogP contribution in [0.25, 0.3) is 0 Å². The van der Waals surface area contributed by atoms with E-state index in [4.69, 9.17) is 0 Å². The summed E-state index contributed by atoms with van der Waals surface area (Å²) < 4.78 is 28.3. The van der Waals surface area contributed by atoms with Crippen LogP contribution in [0.15, 0.2) is 29.7 Å². The molecule has 0 spiro atoms. The van der Waals surface area contributed by atoms with Crippen molar-refractivity contribution >= 4 is 15.7 Å². The highest BCUT2D eigenvalue weighted by Crippen LogP contribution is 2.13. The van der Waals surface area contributed by atoms with Gasteiger partial charge in [0.2, 0.25) is 0 Å². The number of anilines is 1. The molecule has 2 aromatic heterocycles. The van der Waals surface area contributed by atoms with Gasteiger partial charge in [-0.1, -0.05) is 6.92 Å². The minimum Gasteiger partial charge on any atom is -0.317 e. The third-order valence-electron chi connectivity index (χ3n) is 2.84. The topological polar surface area (TPSA) is 105 Å². The normalized spacial score (nSPS) is 11.7. The molecule has 8 nitrogen and oxygen atoms in total. The minimum absolute atomic E-state index is 0.144. The number of nitrogens with one attached hydrogen (secondary N) is 3. The molecule has 21 heavy (non-hydrogen) atoms. The Labute approximate surface area is 124 Å². The highest BCUT2D eigenvalue weighted by molar-refractivity contribution is 7.92. The first kappa shape index (κ1) is 15.5. The van der Waals surface area contributed by atoms with Gasteiger partial charge in [0.25, 0.3) is 10.0 Å². The van der Waals surface area contributed by atoms with Gasteiger partial charge in [0.05, 0.1) is 18.1 Å². The van der Waals surface area contributed by atoms with Gasteiger partial charge in [0, 0.05) is 18.9 Å². The van der Waals surface area contributed by atoms with Crippen molar-refractivity contribution in [3.8, 4) is 0 Å². The zero-order valence-electron chi connectivity index (χ0n) is 11.9. The minimum atomic E-state index is -3.61. The Morgan fingerprint density at radius 3 is 2.90 bits per heavy atom. The molecular weight excluding hydrogens is 292 g/mol. The van der Waals surface area contributed by atoms with Crippen LogP contribution in [-0.4, -0.2) is 41.5 Å². The van der Waals surface area contributed by atoms with E-state index in [2.05, 4.69) is 32.3 Å². The van der Waals surface area contributed by atoms with Gasteiger partial charge in [-0.05, 0) is 25.9 Å². The summed E-state index contributed by atoms with van der Waals surface area (Å²) in [6.45, 7) is 4.68. The monoisotopic (exact) mass is 312 g/mol. The SMILES string of the molecule is CCCNCCCn1cc(S(=O)(=O)Nc2cn[nH]c2)cn1. The van der Waals surface area contributed by atoms with Crippen LogP contribution in [0.1, 0.15) is 19.8 Å². The second kappa shape index (κ2) is 7.23. The largest absolute Gasteiger partial charge is 0.317 e. The molecule has 0 aliphatic rings. The number of hydrogen-bond acceptors (Lipinski definition) is 5. The first-order valence-electron chi connectivity index (χ1n) is 6.86. The number of aryl methyl sites for hydroxylation is 1. The molecule has 0 atom stereocenters. The van der Waals surface area contributed by atoms with Crippen molar-refractivity contribution in [1.82, 2.24) is 25.3 Å². The second-order valence-electron chi connectivity index (χ2n) is 4.64. The first-order valence-corrected chi connectivity index (χ1v) is 8.35. The number of H-pyrrole nitrogens is 1. The van der Waals surface area contributed by atoms with Crippen LogP contribution >= 0.6 is 0 Å². The molecule has 0 aliphatic carbocycles. The smallest absolute Gasteiger partial charge is 0.265 e. The van der Waals surface area contributed by atoms with Gasteiger partial charge < -0.3 is 5.32 Å². The molecule has 0 unspecified atom stereocenters. The summed E-state index contributed by atoms with van der Waals surface area (Å²) in [6.07, 6.45) is 7.76. The fraction of sp³-hybridized carbons (Fsp3) is 0.500. The van der Waals surface area contributed by atoms with Crippen molar-refractivity contribution in [2.75, 3.05) is 17.8 Å². The van der Waals surface area contributed by atoms with Crippen molar-refractivity contribution in [3.05, 3.63) is 24.8 Å². The van der Waals surface area contributed by atoms with E-state index in [1.54, 1.807) is 4.68 Å². The summed E-state index contributed by atoms with van der Waals surface area (Å²) in [4.78, 5) is 0.144. The molecule has 0 aromatic carbocycles. The molecule has 0 amide bonds. The molecule has 0 aliphatic heterocycles. The van der Waals surface area contributed by atoms with Crippen LogP contribution < -0.4 is 10.0 Å².